The first-order chi connectivity index (χ1) is 12.8. The van der Waals surface area contributed by atoms with Gasteiger partial charge in [-0.2, -0.15) is 0 Å². The standard InChI is InChI=1S/C24H18OP/c25-26(23-15-7-13-21(17-23)19-9-3-1-4-10-19)24-16-8-14-22(18-24)20-11-5-2-6-12-20/h1-18H. The van der Waals surface area contributed by atoms with Crippen LogP contribution in [-0.2, 0) is 4.57 Å². The molecule has 0 spiro atoms. The van der Waals surface area contributed by atoms with Crippen LogP contribution in [0, 0.1) is 0 Å². The van der Waals surface area contributed by atoms with E-state index in [1.807, 2.05) is 72.8 Å². The summed E-state index contributed by atoms with van der Waals surface area (Å²) in [6.07, 6.45) is 0. The maximum absolute atomic E-state index is 13.2. The number of rotatable bonds is 4. The van der Waals surface area contributed by atoms with Crippen LogP contribution in [0.4, 0.5) is 0 Å². The van der Waals surface area contributed by atoms with Crippen molar-refractivity contribution in [3.05, 3.63) is 109 Å². The molecule has 0 saturated heterocycles. The van der Waals surface area contributed by atoms with Gasteiger partial charge in [-0.25, -0.2) is 0 Å². The predicted molar refractivity (Wildman–Crippen MR) is 111 cm³/mol. The average molecular weight is 353 g/mol. The van der Waals surface area contributed by atoms with Crippen LogP contribution in [0.2, 0.25) is 0 Å². The van der Waals surface area contributed by atoms with E-state index in [0.29, 0.717) is 0 Å². The molecule has 0 saturated carbocycles. The molecule has 0 aliphatic rings. The van der Waals surface area contributed by atoms with Crippen LogP contribution in [-0.4, -0.2) is 0 Å². The second kappa shape index (κ2) is 7.47. The lowest BCUT2D eigenvalue weighted by Crippen LogP contribution is -2.07. The molecule has 0 bridgehead atoms. The highest BCUT2D eigenvalue weighted by Crippen LogP contribution is 2.26. The molecular weight excluding hydrogens is 335 g/mol. The Morgan fingerprint density at radius 3 is 1.23 bits per heavy atom. The predicted octanol–water partition coefficient (Wildman–Crippen LogP) is 5.80. The van der Waals surface area contributed by atoms with Crippen molar-refractivity contribution in [1.29, 1.82) is 0 Å². The summed E-state index contributed by atoms with van der Waals surface area (Å²) in [5.74, 6) is 0. The molecule has 0 unspecified atom stereocenters. The Morgan fingerprint density at radius 2 is 0.808 bits per heavy atom. The summed E-state index contributed by atoms with van der Waals surface area (Å²) in [6, 6.07) is 36.4. The maximum atomic E-state index is 13.2. The topological polar surface area (TPSA) is 17.1 Å². The van der Waals surface area contributed by atoms with E-state index in [-0.39, 0.29) is 0 Å². The Balaban J connectivity index is 1.69. The third kappa shape index (κ3) is 3.49. The Morgan fingerprint density at radius 1 is 0.423 bits per heavy atom. The molecule has 4 aromatic carbocycles. The third-order valence-corrected chi connectivity index (χ3v) is 5.87. The quantitative estimate of drug-likeness (QED) is 0.424. The average Bonchev–Trinajstić information content (AvgIpc) is 2.75. The molecule has 4 aromatic rings. The SMILES string of the molecule is O=[P](c1cccc(-c2ccccc2)c1)c1cccc(-c2ccccc2)c1. The van der Waals surface area contributed by atoms with Crippen LogP contribution in [0.1, 0.15) is 0 Å². The fraction of sp³-hybridized carbons (Fsp3) is 0. The maximum Gasteiger partial charge on any atom is 0.136 e. The third-order valence-electron chi connectivity index (χ3n) is 4.38. The van der Waals surface area contributed by atoms with Crippen molar-refractivity contribution in [2.45, 2.75) is 0 Å². The Hall–Kier alpha value is -3.02. The van der Waals surface area contributed by atoms with Crippen molar-refractivity contribution in [3.63, 3.8) is 0 Å². The smallest absolute Gasteiger partial charge is 0.136 e. The second-order valence-corrected chi connectivity index (χ2v) is 7.75. The van der Waals surface area contributed by atoms with E-state index in [4.69, 9.17) is 0 Å². The zero-order valence-corrected chi connectivity index (χ0v) is 15.1. The Kier molecular flexibility index (Phi) is 4.73. The summed E-state index contributed by atoms with van der Waals surface area (Å²) in [6.45, 7) is 0. The molecule has 0 N–H and O–H groups in total. The van der Waals surface area contributed by atoms with Gasteiger partial charge in [-0.05, 0) is 46.5 Å². The van der Waals surface area contributed by atoms with E-state index in [1.54, 1.807) is 0 Å². The molecule has 0 heterocycles. The van der Waals surface area contributed by atoms with E-state index in [1.165, 1.54) is 0 Å². The first-order valence-electron chi connectivity index (χ1n) is 8.59. The lowest BCUT2D eigenvalue weighted by Gasteiger charge is -2.08. The van der Waals surface area contributed by atoms with E-state index < -0.39 is 7.80 Å². The minimum atomic E-state index is -1.63. The molecule has 0 aliphatic carbocycles. The highest BCUT2D eigenvalue weighted by atomic mass is 31.1. The van der Waals surface area contributed by atoms with Crippen molar-refractivity contribution in [1.82, 2.24) is 0 Å². The normalized spacial score (nSPS) is 10.5. The summed E-state index contributed by atoms with van der Waals surface area (Å²) in [7, 11) is -1.63. The zero-order chi connectivity index (χ0) is 17.8. The van der Waals surface area contributed by atoms with Crippen molar-refractivity contribution in [2.24, 2.45) is 0 Å². The van der Waals surface area contributed by atoms with Gasteiger partial charge in [0.05, 0.1) is 0 Å². The lowest BCUT2D eigenvalue weighted by molar-refractivity contribution is 0.598. The van der Waals surface area contributed by atoms with Gasteiger partial charge < -0.3 is 0 Å². The van der Waals surface area contributed by atoms with Gasteiger partial charge in [0.25, 0.3) is 0 Å². The second-order valence-electron chi connectivity index (χ2n) is 6.13. The summed E-state index contributed by atoms with van der Waals surface area (Å²) in [5, 5.41) is 1.71. The van der Waals surface area contributed by atoms with E-state index in [0.717, 1.165) is 32.9 Å². The van der Waals surface area contributed by atoms with E-state index in [2.05, 4.69) is 36.4 Å². The van der Waals surface area contributed by atoms with Crippen LogP contribution in [0.5, 0.6) is 0 Å². The van der Waals surface area contributed by atoms with Gasteiger partial charge in [0.1, 0.15) is 7.80 Å². The lowest BCUT2D eigenvalue weighted by atomic mass is 10.1. The van der Waals surface area contributed by atoms with Gasteiger partial charge >= 0.3 is 0 Å². The highest BCUT2D eigenvalue weighted by molar-refractivity contribution is 7.61. The fourth-order valence-electron chi connectivity index (χ4n) is 3.03. The van der Waals surface area contributed by atoms with Gasteiger partial charge in [0, 0.05) is 10.6 Å². The Bertz CT molecular complexity index is 955. The molecular formula is C24H18OP. The van der Waals surface area contributed by atoms with E-state index >= 15 is 0 Å². The van der Waals surface area contributed by atoms with Crippen molar-refractivity contribution in [3.8, 4) is 22.3 Å². The molecule has 26 heavy (non-hydrogen) atoms. The number of hydrogen-bond donors (Lipinski definition) is 0. The molecule has 2 heteroatoms. The highest BCUT2D eigenvalue weighted by Gasteiger charge is 2.10. The molecule has 4 rings (SSSR count). The van der Waals surface area contributed by atoms with Gasteiger partial charge in [0.15, 0.2) is 0 Å². The first kappa shape index (κ1) is 16.4. The van der Waals surface area contributed by atoms with Crippen molar-refractivity contribution >= 4 is 18.4 Å². The summed E-state index contributed by atoms with van der Waals surface area (Å²) in [4.78, 5) is 0. The largest absolute Gasteiger partial charge is 0.277 e. The molecule has 125 valence electrons. The van der Waals surface area contributed by atoms with Crippen LogP contribution >= 0.6 is 7.80 Å². The minimum absolute atomic E-state index is 0.853. The molecule has 0 fully saturated rings. The summed E-state index contributed by atoms with van der Waals surface area (Å²) in [5.41, 5.74) is 4.45. The summed E-state index contributed by atoms with van der Waals surface area (Å²) >= 11 is 0. The minimum Gasteiger partial charge on any atom is -0.277 e. The monoisotopic (exact) mass is 353 g/mol. The van der Waals surface area contributed by atoms with Crippen LogP contribution < -0.4 is 10.6 Å². The fourth-order valence-corrected chi connectivity index (χ4v) is 4.29. The molecule has 0 aromatic heterocycles. The molecule has 1 radical (unpaired) electrons. The van der Waals surface area contributed by atoms with Gasteiger partial charge in [-0.1, -0.05) is 84.9 Å². The first-order valence-corrected chi connectivity index (χ1v) is 9.85. The van der Waals surface area contributed by atoms with Gasteiger partial charge in [0.2, 0.25) is 0 Å². The van der Waals surface area contributed by atoms with E-state index in [9.17, 15) is 4.57 Å². The molecule has 0 aliphatic heterocycles. The van der Waals surface area contributed by atoms with Gasteiger partial charge in [-0.3, -0.25) is 4.57 Å². The molecule has 0 amide bonds. The van der Waals surface area contributed by atoms with Crippen LogP contribution in [0.15, 0.2) is 109 Å². The van der Waals surface area contributed by atoms with Gasteiger partial charge in [-0.15, -0.1) is 0 Å². The number of benzene rings is 4. The Labute approximate surface area is 154 Å². The van der Waals surface area contributed by atoms with Crippen LogP contribution in [0.25, 0.3) is 22.3 Å². The zero-order valence-electron chi connectivity index (χ0n) is 14.2. The molecule has 0 atom stereocenters. The number of hydrogen-bond acceptors (Lipinski definition) is 1. The molecule has 1 nitrogen and oxygen atoms in total. The van der Waals surface area contributed by atoms with Crippen LogP contribution in [0.3, 0.4) is 0 Å². The van der Waals surface area contributed by atoms with Crippen molar-refractivity contribution in [2.75, 3.05) is 0 Å². The van der Waals surface area contributed by atoms with Crippen molar-refractivity contribution < 1.29 is 4.57 Å². The summed E-state index contributed by atoms with van der Waals surface area (Å²) < 4.78 is 13.2.